The molecule has 26 heavy (non-hydrogen) atoms. The Labute approximate surface area is 148 Å². The zero-order valence-corrected chi connectivity index (χ0v) is 14.4. The summed E-state index contributed by atoms with van der Waals surface area (Å²) in [5.74, 6) is 1.85. The molecule has 0 atom stereocenters. The Bertz CT molecular complexity index is 863. The lowest BCUT2D eigenvalue weighted by atomic mass is 10.1. The number of furan rings is 1. The number of amides is 1. The van der Waals surface area contributed by atoms with Crippen molar-refractivity contribution in [3.63, 3.8) is 0 Å². The topological polar surface area (TPSA) is 109 Å². The van der Waals surface area contributed by atoms with Crippen molar-refractivity contribution in [3.05, 3.63) is 41.9 Å². The van der Waals surface area contributed by atoms with E-state index in [2.05, 4.69) is 15.5 Å². The minimum Gasteiger partial charge on any atom is -0.493 e. The zero-order valence-electron chi connectivity index (χ0n) is 14.4. The predicted molar refractivity (Wildman–Crippen MR) is 89.3 cm³/mol. The lowest BCUT2D eigenvalue weighted by molar-refractivity contribution is 0.0949. The van der Waals surface area contributed by atoms with Crippen LogP contribution in [0, 0.1) is 0 Å². The second-order valence-corrected chi connectivity index (χ2v) is 5.09. The Morgan fingerprint density at radius 1 is 1.15 bits per heavy atom. The number of nitrogens with one attached hydrogen (secondary N) is 1. The first-order valence-electron chi connectivity index (χ1n) is 7.61. The average Bonchev–Trinajstić information content (AvgIpc) is 3.36. The summed E-state index contributed by atoms with van der Waals surface area (Å²) in [5, 5.41) is 6.51. The molecule has 1 N–H and O–H groups in total. The zero-order chi connectivity index (χ0) is 18.5. The monoisotopic (exact) mass is 359 g/mol. The van der Waals surface area contributed by atoms with Crippen LogP contribution in [0.3, 0.4) is 0 Å². The highest BCUT2D eigenvalue weighted by Gasteiger charge is 2.18. The molecular formula is C17H17N3O6. The maximum Gasteiger partial charge on any atom is 0.293 e. The molecule has 2 heterocycles. The number of ether oxygens (including phenoxy) is 3. The molecule has 0 saturated carbocycles. The van der Waals surface area contributed by atoms with E-state index in [4.69, 9.17) is 23.2 Å². The second kappa shape index (κ2) is 7.60. The van der Waals surface area contributed by atoms with E-state index in [-0.39, 0.29) is 18.3 Å². The van der Waals surface area contributed by atoms with Crippen LogP contribution in [0.4, 0.5) is 0 Å². The normalized spacial score (nSPS) is 10.4. The summed E-state index contributed by atoms with van der Waals surface area (Å²) in [6, 6.07) is 6.53. The maximum absolute atomic E-state index is 12.4. The van der Waals surface area contributed by atoms with E-state index in [1.165, 1.54) is 27.6 Å². The number of hydrogen-bond acceptors (Lipinski definition) is 8. The number of carbonyl (C=O) groups excluding carboxylic acids is 1. The smallest absolute Gasteiger partial charge is 0.293 e. The van der Waals surface area contributed by atoms with Crippen LogP contribution in [-0.4, -0.2) is 37.4 Å². The third-order valence-corrected chi connectivity index (χ3v) is 3.53. The van der Waals surface area contributed by atoms with Gasteiger partial charge in [0.1, 0.15) is 0 Å². The van der Waals surface area contributed by atoms with Crippen LogP contribution < -0.4 is 19.5 Å². The fourth-order valence-electron chi connectivity index (χ4n) is 2.30. The highest BCUT2D eigenvalue weighted by atomic mass is 16.5. The lowest BCUT2D eigenvalue weighted by Gasteiger charge is -2.13. The van der Waals surface area contributed by atoms with E-state index >= 15 is 0 Å². The summed E-state index contributed by atoms with van der Waals surface area (Å²) in [4.78, 5) is 16.6. The number of benzene rings is 1. The molecule has 1 aromatic carbocycles. The molecule has 0 fully saturated rings. The first kappa shape index (κ1) is 17.3. The van der Waals surface area contributed by atoms with E-state index < -0.39 is 0 Å². The van der Waals surface area contributed by atoms with E-state index in [0.29, 0.717) is 34.4 Å². The SMILES string of the molecule is COc1cc(C(=O)NCc2noc(-c3ccco3)n2)cc(OC)c1OC. The minimum atomic E-state index is -0.353. The van der Waals surface area contributed by atoms with Crippen LogP contribution >= 0.6 is 0 Å². The van der Waals surface area contributed by atoms with Crippen molar-refractivity contribution in [3.8, 4) is 28.9 Å². The van der Waals surface area contributed by atoms with Crippen molar-refractivity contribution in [1.29, 1.82) is 0 Å². The molecule has 0 aliphatic rings. The molecule has 0 aliphatic carbocycles. The van der Waals surface area contributed by atoms with Gasteiger partial charge in [-0.3, -0.25) is 4.79 Å². The number of aromatic nitrogens is 2. The van der Waals surface area contributed by atoms with Gasteiger partial charge < -0.3 is 28.5 Å². The van der Waals surface area contributed by atoms with Crippen LogP contribution in [0.1, 0.15) is 16.2 Å². The van der Waals surface area contributed by atoms with E-state index in [1.807, 2.05) is 0 Å². The fraction of sp³-hybridized carbons (Fsp3) is 0.235. The van der Waals surface area contributed by atoms with E-state index in [1.54, 1.807) is 24.3 Å². The molecule has 0 radical (unpaired) electrons. The van der Waals surface area contributed by atoms with Gasteiger partial charge in [-0.1, -0.05) is 5.16 Å². The van der Waals surface area contributed by atoms with Crippen molar-refractivity contribution in [2.75, 3.05) is 21.3 Å². The van der Waals surface area contributed by atoms with Gasteiger partial charge in [-0.15, -0.1) is 0 Å². The van der Waals surface area contributed by atoms with Crippen LogP contribution in [0.2, 0.25) is 0 Å². The fourth-order valence-corrected chi connectivity index (χ4v) is 2.30. The summed E-state index contributed by atoms with van der Waals surface area (Å²) in [5.41, 5.74) is 0.342. The van der Waals surface area contributed by atoms with Crippen molar-refractivity contribution in [2.24, 2.45) is 0 Å². The molecule has 3 aromatic rings. The van der Waals surface area contributed by atoms with Gasteiger partial charge in [0.2, 0.25) is 5.75 Å². The third-order valence-electron chi connectivity index (χ3n) is 3.53. The van der Waals surface area contributed by atoms with Gasteiger partial charge in [0.15, 0.2) is 23.1 Å². The first-order valence-corrected chi connectivity index (χ1v) is 7.61. The standard InChI is InChI=1S/C17H17N3O6/c1-22-12-7-10(8-13(23-2)15(12)24-3)16(21)18-9-14-19-17(26-20-14)11-5-4-6-25-11/h4-8H,9H2,1-3H3,(H,18,21). The van der Waals surface area contributed by atoms with Gasteiger partial charge in [-0.05, 0) is 24.3 Å². The summed E-state index contributed by atoms with van der Waals surface area (Å²) in [7, 11) is 4.45. The Kier molecular flexibility index (Phi) is 5.07. The summed E-state index contributed by atoms with van der Waals surface area (Å²) in [6.45, 7) is 0.0830. The summed E-state index contributed by atoms with van der Waals surface area (Å²) < 4.78 is 26.0. The van der Waals surface area contributed by atoms with Crippen LogP contribution in [0.15, 0.2) is 39.5 Å². The Balaban J connectivity index is 1.72. The molecule has 1 amide bonds. The molecule has 9 heteroatoms. The average molecular weight is 359 g/mol. The van der Waals surface area contributed by atoms with Crippen LogP contribution in [0.25, 0.3) is 11.7 Å². The third kappa shape index (κ3) is 3.46. The summed E-state index contributed by atoms with van der Waals surface area (Å²) >= 11 is 0. The Morgan fingerprint density at radius 3 is 2.46 bits per heavy atom. The number of nitrogens with zero attached hydrogens (tertiary/aromatic N) is 2. The largest absolute Gasteiger partial charge is 0.493 e. The number of hydrogen-bond donors (Lipinski definition) is 1. The number of rotatable bonds is 7. The molecule has 0 bridgehead atoms. The molecule has 3 rings (SSSR count). The number of methoxy groups -OCH3 is 3. The van der Waals surface area contributed by atoms with E-state index in [9.17, 15) is 4.79 Å². The van der Waals surface area contributed by atoms with Crippen LogP contribution in [-0.2, 0) is 6.54 Å². The van der Waals surface area contributed by atoms with Gasteiger partial charge in [0, 0.05) is 5.56 Å². The molecular weight excluding hydrogens is 342 g/mol. The maximum atomic E-state index is 12.4. The van der Waals surface area contributed by atoms with Gasteiger partial charge in [0.25, 0.3) is 11.8 Å². The Hall–Kier alpha value is -3.49. The van der Waals surface area contributed by atoms with Gasteiger partial charge in [-0.25, -0.2) is 0 Å². The summed E-state index contributed by atoms with van der Waals surface area (Å²) in [6.07, 6.45) is 1.51. The van der Waals surface area contributed by atoms with Gasteiger partial charge in [-0.2, -0.15) is 4.98 Å². The Morgan fingerprint density at radius 2 is 1.88 bits per heavy atom. The molecule has 136 valence electrons. The van der Waals surface area contributed by atoms with Crippen molar-refractivity contribution in [1.82, 2.24) is 15.5 Å². The first-order chi connectivity index (χ1) is 12.7. The molecule has 2 aromatic heterocycles. The molecule has 9 nitrogen and oxygen atoms in total. The van der Waals surface area contributed by atoms with Gasteiger partial charge >= 0.3 is 0 Å². The van der Waals surface area contributed by atoms with E-state index in [0.717, 1.165) is 0 Å². The van der Waals surface area contributed by atoms with Crippen LogP contribution in [0.5, 0.6) is 17.2 Å². The van der Waals surface area contributed by atoms with Crippen molar-refractivity contribution >= 4 is 5.91 Å². The second-order valence-electron chi connectivity index (χ2n) is 5.09. The van der Waals surface area contributed by atoms with Crippen molar-refractivity contribution < 1.29 is 27.9 Å². The molecule has 0 saturated heterocycles. The quantitative estimate of drug-likeness (QED) is 0.684. The molecule has 0 spiro atoms. The lowest BCUT2D eigenvalue weighted by Crippen LogP contribution is -2.23. The number of carbonyl (C=O) groups is 1. The predicted octanol–water partition coefficient (Wildman–Crippen LogP) is 2.29. The van der Waals surface area contributed by atoms with Gasteiger partial charge in [0.05, 0.1) is 34.1 Å². The molecule has 0 unspecified atom stereocenters. The minimum absolute atomic E-state index is 0.0830. The van der Waals surface area contributed by atoms with Crippen molar-refractivity contribution in [2.45, 2.75) is 6.54 Å². The molecule has 0 aliphatic heterocycles. The highest BCUT2D eigenvalue weighted by molar-refractivity contribution is 5.95. The highest BCUT2D eigenvalue weighted by Crippen LogP contribution is 2.38.